The van der Waals surface area contributed by atoms with Crippen molar-refractivity contribution in [2.75, 3.05) is 38.0 Å². The van der Waals surface area contributed by atoms with Gasteiger partial charge in [-0.15, -0.1) is 0 Å². The second kappa shape index (κ2) is 8.11. The predicted molar refractivity (Wildman–Crippen MR) is 105 cm³/mol. The summed E-state index contributed by atoms with van der Waals surface area (Å²) in [7, 11) is 1.90. The molecule has 1 fully saturated rings. The third-order valence-corrected chi connectivity index (χ3v) is 5.43. The topological polar surface area (TPSA) is 58.3 Å². The fourth-order valence-electron chi connectivity index (χ4n) is 3.08. The molecule has 0 bridgehead atoms. The number of hydrogen-bond acceptors (Lipinski definition) is 5. The van der Waals surface area contributed by atoms with Crippen molar-refractivity contribution in [2.24, 2.45) is 7.05 Å². The van der Waals surface area contributed by atoms with Crippen LogP contribution in [0.25, 0.3) is 0 Å². The average molecular weight is 375 g/mol. The molecule has 1 aromatic heterocycles. The van der Waals surface area contributed by atoms with E-state index in [1.807, 2.05) is 35.4 Å². The van der Waals surface area contributed by atoms with Crippen LogP contribution in [0.2, 0.25) is 0 Å². The van der Waals surface area contributed by atoms with Crippen molar-refractivity contribution in [1.29, 1.82) is 0 Å². The van der Waals surface area contributed by atoms with Crippen LogP contribution in [-0.4, -0.2) is 62.8 Å². The van der Waals surface area contributed by atoms with Crippen molar-refractivity contribution >= 4 is 23.8 Å². The zero-order chi connectivity index (χ0) is 18.7. The fraction of sp³-hybridized carbons (Fsp3) is 0.500. The van der Waals surface area contributed by atoms with Crippen LogP contribution in [-0.2, 0) is 18.5 Å². The molecule has 0 aliphatic carbocycles. The zero-order valence-electron chi connectivity index (χ0n) is 15.6. The SMILES string of the molecule is Cc1cccc(NC(=O)CN2CCN(Cn3ncn(C)c3=S)CC2)c1C. The van der Waals surface area contributed by atoms with E-state index in [9.17, 15) is 4.79 Å². The minimum atomic E-state index is 0.0408. The van der Waals surface area contributed by atoms with Crippen molar-refractivity contribution in [3.63, 3.8) is 0 Å². The second-order valence-electron chi connectivity index (χ2n) is 6.86. The van der Waals surface area contributed by atoms with Crippen LogP contribution in [0, 0.1) is 18.6 Å². The summed E-state index contributed by atoms with van der Waals surface area (Å²) in [4.78, 5) is 16.9. The number of aromatic nitrogens is 3. The Labute approximate surface area is 159 Å². The van der Waals surface area contributed by atoms with Gasteiger partial charge in [0.25, 0.3) is 0 Å². The quantitative estimate of drug-likeness (QED) is 0.809. The van der Waals surface area contributed by atoms with Crippen LogP contribution in [0.15, 0.2) is 24.5 Å². The Morgan fingerprint density at radius 3 is 2.54 bits per heavy atom. The number of carbonyl (C=O) groups excluding carboxylic acids is 1. The number of nitrogens with zero attached hydrogens (tertiary/aromatic N) is 5. The highest BCUT2D eigenvalue weighted by molar-refractivity contribution is 7.71. The highest BCUT2D eigenvalue weighted by atomic mass is 32.1. The van der Waals surface area contributed by atoms with Gasteiger partial charge >= 0.3 is 0 Å². The van der Waals surface area contributed by atoms with Gasteiger partial charge in [-0.3, -0.25) is 14.6 Å². The summed E-state index contributed by atoms with van der Waals surface area (Å²) in [6, 6.07) is 5.98. The molecule has 1 aliphatic rings. The van der Waals surface area contributed by atoms with Crippen molar-refractivity contribution in [1.82, 2.24) is 24.1 Å². The number of piperazine rings is 1. The van der Waals surface area contributed by atoms with E-state index < -0.39 is 0 Å². The van der Waals surface area contributed by atoms with Crippen LogP contribution < -0.4 is 5.32 Å². The maximum Gasteiger partial charge on any atom is 0.238 e. The molecule has 1 aliphatic heterocycles. The van der Waals surface area contributed by atoms with Gasteiger partial charge in [0.2, 0.25) is 5.91 Å². The van der Waals surface area contributed by atoms with Crippen LogP contribution in [0.4, 0.5) is 5.69 Å². The zero-order valence-corrected chi connectivity index (χ0v) is 16.4. The minimum absolute atomic E-state index is 0.0408. The lowest BCUT2D eigenvalue weighted by atomic mass is 10.1. The molecule has 8 heteroatoms. The summed E-state index contributed by atoms with van der Waals surface area (Å²) in [5.41, 5.74) is 3.21. The summed E-state index contributed by atoms with van der Waals surface area (Å²) in [5, 5.41) is 7.33. The van der Waals surface area contributed by atoms with Crippen molar-refractivity contribution < 1.29 is 4.79 Å². The molecule has 1 amide bonds. The number of amides is 1. The molecule has 0 radical (unpaired) electrons. The van der Waals surface area contributed by atoms with Crippen LogP contribution in [0.3, 0.4) is 0 Å². The van der Waals surface area contributed by atoms with E-state index in [1.54, 1.807) is 6.33 Å². The fourth-order valence-corrected chi connectivity index (χ4v) is 3.23. The predicted octanol–water partition coefficient (Wildman–Crippen LogP) is 1.78. The van der Waals surface area contributed by atoms with E-state index in [1.165, 1.54) is 5.56 Å². The van der Waals surface area contributed by atoms with Crippen LogP contribution >= 0.6 is 12.2 Å². The smallest absolute Gasteiger partial charge is 0.238 e. The maximum atomic E-state index is 12.4. The molecular formula is C18H26N6OS. The van der Waals surface area contributed by atoms with Gasteiger partial charge in [-0.25, -0.2) is 4.68 Å². The van der Waals surface area contributed by atoms with E-state index >= 15 is 0 Å². The first kappa shape index (κ1) is 18.8. The minimum Gasteiger partial charge on any atom is -0.325 e. The first-order valence-electron chi connectivity index (χ1n) is 8.83. The Bertz CT molecular complexity index is 834. The molecule has 0 atom stereocenters. The Morgan fingerprint density at radius 1 is 1.19 bits per heavy atom. The second-order valence-corrected chi connectivity index (χ2v) is 7.22. The van der Waals surface area contributed by atoms with Crippen LogP contribution in [0.1, 0.15) is 11.1 Å². The standard InChI is InChI=1S/C18H26N6OS/c1-14-5-4-6-16(15(14)2)20-17(25)11-22-7-9-23(10-8-22)13-24-18(26)21(3)12-19-24/h4-6,12H,7-11,13H2,1-3H3,(H,20,25). The third kappa shape index (κ3) is 4.38. The Hall–Kier alpha value is -2.03. The highest BCUT2D eigenvalue weighted by Gasteiger charge is 2.20. The summed E-state index contributed by atoms with van der Waals surface area (Å²) in [6.07, 6.45) is 1.73. The third-order valence-electron chi connectivity index (χ3n) is 4.93. The first-order chi connectivity index (χ1) is 12.4. The molecule has 1 aromatic carbocycles. The number of aryl methyl sites for hydroxylation is 2. The van der Waals surface area contributed by atoms with Gasteiger partial charge in [0.1, 0.15) is 6.33 Å². The van der Waals surface area contributed by atoms with Crippen molar-refractivity contribution in [3.8, 4) is 0 Å². The first-order valence-corrected chi connectivity index (χ1v) is 9.24. The average Bonchev–Trinajstić information content (AvgIpc) is 2.93. The van der Waals surface area contributed by atoms with Gasteiger partial charge in [-0.05, 0) is 43.3 Å². The maximum absolute atomic E-state index is 12.4. The van der Waals surface area contributed by atoms with E-state index in [-0.39, 0.29) is 5.91 Å². The van der Waals surface area contributed by atoms with Gasteiger partial charge < -0.3 is 9.88 Å². The number of rotatable bonds is 5. The lowest BCUT2D eigenvalue weighted by Gasteiger charge is -2.34. The highest BCUT2D eigenvalue weighted by Crippen LogP contribution is 2.18. The number of anilines is 1. The lowest BCUT2D eigenvalue weighted by molar-refractivity contribution is -0.117. The molecule has 0 spiro atoms. The molecule has 0 saturated carbocycles. The summed E-state index contributed by atoms with van der Waals surface area (Å²) in [6.45, 7) is 8.72. The molecule has 3 rings (SSSR count). The van der Waals surface area contributed by atoms with E-state index in [0.29, 0.717) is 13.2 Å². The molecule has 1 saturated heterocycles. The monoisotopic (exact) mass is 374 g/mol. The molecule has 7 nitrogen and oxygen atoms in total. The summed E-state index contributed by atoms with van der Waals surface area (Å²) >= 11 is 5.33. The molecule has 0 unspecified atom stereocenters. The van der Waals surface area contributed by atoms with Gasteiger partial charge in [0, 0.05) is 38.9 Å². The van der Waals surface area contributed by atoms with Crippen molar-refractivity contribution in [2.45, 2.75) is 20.5 Å². The largest absolute Gasteiger partial charge is 0.325 e. The number of carbonyl (C=O) groups is 1. The lowest BCUT2D eigenvalue weighted by Crippen LogP contribution is -2.49. The van der Waals surface area contributed by atoms with Crippen LogP contribution in [0.5, 0.6) is 0 Å². The molecule has 26 heavy (non-hydrogen) atoms. The number of hydrogen-bond donors (Lipinski definition) is 1. The normalized spacial score (nSPS) is 16.0. The van der Waals surface area contributed by atoms with Gasteiger partial charge in [0.15, 0.2) is 4.77 Å². The summed E-state index contributed by atoms with van der Waals surface area (Å²) in [5.74, 6) is 0.0408. The Balaban J connectivity index is 1.47. The molecule has 2 aromatic rings. The number of nitrogens with one attached hydrogen (secondary N) is 1. The van der Waals surface area contributed by atoms with Gasteiger partial charge in [-0.1, -0.05) is 12.1 Å². The molecule has 2 heterocycles. The van der Waals surface area contributed by atoms with E-state index in [0.717, 1.165) is 42.2 Å². The van der Waals surface area contributed by atoms with E-state index in [2.05, 4.69) is 33.2 Å². The Morgan fingerprint density at radius 2 is 1.88 bits per heavy atom. The van der Waals surface area contributed by atoms with Gasteiger partial charge in [0.05, 0.1) is 13.2 Å². The van der Waals surface area contributed by atoms with Crippen molar-refractivity contribution in [3.05, 3.63) is 40.4 Å². The Kier molecular flexibility index (Phi) is 5.85. The molecule has 140 valence electrons. The van der Waals surface area contributed by atoms with E-state index in [4.69, 9.17) is 12.2 Å². The van der Waals surface area contributed by atoms with Gasteiger partial charge in [-0.2, -0.15) is 5.10 Å². The summed E-state index contributed by atoms with van der Waals surface area (Å²) < 4.78 is 4.39. The molecular weight excluding hydrogens is 348 g/mol. The molecule has 1 N–H and O–H groups in total. The number of benzene rings is 1.